The molecule has 0 aliphatic carbocycles. The van der Waals surface area contributed by atoms with Crippen LogP contribution in [0.1, 0.15) is 26.7 Å². The summed E-state index contributed by atoms with van der Waals surface area (Å²) >= 11 is 3.40. The fourth-order valence-electron chi connectivity index (χ4n) is 4.15. The van der Waals surface area contributed by atoms with Crippen molar-refractivity contribution in [3.8, 4) is 21.9 Å². The molecule has 5 rings (SSSR count). The minimum Gasteiger partial charge on any atom is -0.489 e. The summed E-state index contributed by atoms with van der Waals surface area (Å²) in [7, 11) is 0. The SMILES string of the molecule is Cc1ccn(CC(=O)N2CCOc3c(cc(-c4ccc(C)s4)cc3OCCc3scnc3C)C2)n1. The highest BCUT2D eigenvalue weighted by atomic mass is 32.1. The number of fused-ring (bicyclic) bond motifs is 1. The van der Waals surface area contributed by atoms with E-state index in [1.165, 1.54) is 14.6 Å². The molecule has 1 aliphatic rings. The van der Waals surface area contributed by atoms with E-state index in [2.05, 4.69) is 41.3 Å². The minimum absolute atomic E-state index is 0.0186. The van der Waals surface area contributed by atoms with Crippen molar-refractivity contribution in [1.82, 2.24) is 19.7 Å². The highest BCUT2D eigenvalue weighted by Crippen LogP contribution is 2.40. The summed E-state index contributed by atoms with van der Waals surface area (Å²) in [4.78, 5) is 22.9. The van der Waals surface area contributed by atoms with Gasteiger partial charge in [-0.3, -0.25) is 9.48 Å². The summed E-state index contributed by atoms with van der Waals surface area (Å²) in [5, 5.41) is 4.36. The number of hydrogen-bond acceptors (Lipinski definition) is 7. The standard InChI is InChI=1S/C26H28N4O3S2/c1-17-6-8-30(28-17)15-25(31)29-9-11-33-26-21(14-29)12-20(24-5-4-18(2)35-24)13-22(26)32-10-7-23-19(3)27-16-34-23/h4-6,8,12-13,16H,7,9-11,14-15H2,1-3H3. The van der Waals surface area contributed by atoms with Crippen LogP contribution in [0.2, 0.25) is 0 Å². The second kappa shape index (κ2) is 10.2. The second-order valence-electron chi connectivity index (χ2n) is 8.65. The third-order valence-electron chi connectivity index (χ3n) is 5.98. The number of rotatable bonds is 7. The van der Waals surface area contributed by atoms with Crippen molar-refractivity contribution < 1.29 is 14.3 Å². The molecule has 4 aromatic rings. The van der Waals surface area contributed by atoms with Gasteiger partial charge in [-0.25, -0.2) is 4.98 Å². The highest BCUT2D eigenvalue weighted by Gasteiger charge is 2.24. The Morgan fingerprint density at radius 3 is 2.80 bits per heavy atom. The zero-order chi connectivity index (χ0) is 24.4. The van der Waals surface area contributed by atoms with Gasteiger partial charge in [-0.15, -0.1) is 22.7 Å². The van der Waals surface area contributed by atoms with Crippen LogP contribution < -0.4 is 9.47 Å². The lowest BCUT2D eigenvalue weighted by Crippen LogP contribution is -2.35. The van der Waals surface area contributed by atoms with Crippen molar-refractivity contribution in [1.29, 1.82) is 0 Å². The zero-order valence-electron chi connectivity index (χ0n) is 20.1. The Labute approximate surface area is 213 Å². The molecule has 182 valence electrons. The summed E-state index contributed by atoms with van der Waals surface area (Å²) in [5.74, 6) is 1.47. The lowest BCUT2D eigenvalue weighted by atomic mass is 10.1. The predicted octanol–water partition coefficient (Wildman–Crippen LogP) is 5.04. The molecule has 9 heteroatoms. The molecule has 0 saturated carbocycles. The molecule has 0 atom stereocenters. The third-order valence-corrected chi connectivity index (χ3v) is 8.03. The predicted molar refractivity (Wildman–Crippen MR) is 138 cm³/mol. The van der Waals surface area contributed by atoms with Gasteiger partial charge >= 0.3 is 0 Å². The largest absolute Gasteiger partial charge is 0.489 e. The zero-order valence-corrected chi connectivity index (χ0v) is 21.7. The molecule has 1 amide bonds. The summed E-state index contributed by atoms with van der Waals surface area (Å²) < 4.78 is 14.2. The van der Waals surface area contributed by atoms with Gasteiger partial charge in [-0.1, -0.05) is 0 Å². The molecule has 0 saturated heterocycles. The molecule has 0 N–H and O–H groups in total. The Bertz CT molecular complexity index is 1340. The second-order valence-corrected chi connectivity index (χ2v) is 10.9. The highest BCUT2D eigenvalue weighted by molar-refractivity contribution is 7.15. The Morgan fingerprint density at radius 2 is 2.09 bits per heavy atom. The first-order chi connectivity index (χ1) is 17.0. The van der Waals surface area contributed by atoms with Gasteiger partial charge in [-0.2, -0.15) is 5.10 Å². The van der Waals surface area contributed by atoms with Crippen molar-refractivity contribution in [2.45, 2.75) is 40.3 Å². The molecular weight excluding hydrogens is 480 g/mol. The average molecular weight is 509 g/mol. The number of nitrogens with zero attached hydrogens (tertiary/aromatic N) is 4. The summed E-state index contributed by atoms with van der Waals surface area (Å²) in [5.41, 5.74) is 5.86. The first-order valence-corrected chi connectivity index (χ1v) is 13.3. The molecule has 3 aromatic heterocycles. The van der Waals surface area contributed by atoms with E-state index in [4.69, 9.17) is 9.47 Å². The maximum Gasteiger partial charge on any atom is 0.244 e. The van der Waals surface area contributed by atoms with E-state index in [9.17, 15) is 4.79 Å². The molecule has 0 spiro atoms. The molecule has 1 aliphatic heterocycles. The Kier molecular flexibility index (Phi) is 6.88. The van der Waals surface area contributed by atoms with Gasteiger partial charge in [0.2, 0.25) is 5.91 Å². The maximum absolute atomic E-state index is 13.1. The molecule has 4 heterocycles. The molecule has 0 fully saturated rings. The van der Waals surface area contributed by atoms with Crippen LogP contribution in [0.25, 0.3) is 10.4 Å². The maximum atomic E-state index is 13.1. The van der Waals surface area contributed by atoms with E-state index < -0.39 is 0 Å². The molecule has 0 radical (unpaired) electrons. The third kappa shape index (κ3) is 5.41. The minimum atomic E-state index is 0.0186. The monoisotopic (exact) mass is 508 g/mol. The molecular formula is C26H28N4O3S2. The van der Waals surface area contributed by atoms with Gasteiger partial charge in [-0.05, 0) is 56.7 Å². The van der Waals surface area contributed by atoms with Gasteiger partial charge in [0.15, 0.2) is 11.5 Å². The lowest BCUT2D eigenvalue weighted by Gasteiger charge is -2.20. The van der Waals surface area contributed by atoms with Crippen LogP contribution in [0.5, 0.6) is 11.5 Å². The van der Waals surface area contributed by atoms with Crippen LogP contribution in [0.15, 0.2) is 42.0 Å². The number of carbonyl (C=O) groups is 1. The summed E-state index contributed by atoms with van der Waals surface area (Å²) in [6.45, 7) is 8.19. The van der Waals surface area contributed by atoms with Crippen LogP contribution in [0.4, 0.5) is 0 Å². The van der Waals surface area contributed by atoms with Crippen molar-refractivity contribution in [2.24, 2.45) is 0 Å². The molecule has 35 heavy (non-hydrogen) atoms. The fraction of sp³-hybridized carbons (Fsp3) is 0.346. The number of thiophene rings is 1. The Hall–Kier alpha value is -3.17. The number of carbonyl (C=O) groups excluding carboxylic acids is 1. The quantitative estimate of drug-likeness (QED) is 0.350. The van der Waals surface area contributed by atoms with Crippen molar-refractivity contribution in [3.63, 3.8) is 0 Å². The van der Waals surface area contributed by atoms with Gasteiger partial charge < -0.3 is 14.4 Å². The van der Waals surface area contributed by atoms with Crippen LogP contribution in [0.3, 0.4) is 0 Å². The molecule has 0 bridgehead atoms. The first-order valence-electron chi connectivity index (χ1n) is 11.6. The number of ether oxygens (including phenoxy) is 2. The van der Waals surface area contributed by atoms with Crippen LogP contribution >= 0.6 is 22.7 Å². The number of hydrogen-bond donors (Lipinski definition) is 0. The molecule has 7 nitrogen and oxygen atoms in total. The van der Waals surface area contributed by atoms with E-state index in [1.807, 2.05) is 36.5 Å². The van der Waals surface area contributed by atoms with Gasteiger partial charge in [0.25, 0.3) is 0 Å². The van der Waals surface area contributed by atoms with Crippen molar-refractivity contribution >= 4 is 28.6 Å². The van der Waals surface area contributed by atoms with E-state index in [-0.39, 0.29) is 12.5 Å². The first kappa shape index (κ1) is 23.6. The lowest BCUT2D eigenvalue weighted by molar-refractivity contribution is -0.132. The van der Waals surface area contributed by atoms with Gasteiger partial charge in [0.05, 0.1) is 30.1 Å². The number of benzene rings is 1. The normalized spacial score (nSPS) is 13.3. The van der Waals surface area contributed by atoms with Gasteiger partial charge in [0.1, 0.15) is 13.2 Å². The van der Waals surface area contributed by atoms with Crippen LogP contribution in [-0.2, 0) is 24.3 Å². The average Bonchev–Trinajstić information content (AvgIpc) is 3.52. The number of aromatic nitrogens is 3. The number of thiazole rings is 1. The number of aryl methyl sites for hydroxylation is 3. The summed E-state index contributed by atoms with van der Waals surface area (Å²) in [6.07, 6.45) is 2.63. The van der Waals surface area contributed by atoms with E-state index in [0.717, 1.165) is 40.4 Å². The fourth-order valence-corrected chi connectivity index (χ4v) is 5.76. The topological polar surface area (TPSA) is 69.5 Å². The molecule has 1 aromatic carbocycles. The smallest absolute Gasteiger partial charge is 0.244 e. The summed E-state index contributed by atoms with van der Waals surface area (Å²) in [6, 6.07) is 10.3. The molecule has 0 unspecified atom stereocenters. The van der Waals surface area contributed by atoms with E-state index >= 15 is 0 Å². The van der Waals surface area contributed by atoms with E-state index in [0.29, 0.717) is 26.3 Å². The van der Waals surface area contributed by atoms with Crippen LogP contribution in [-0.4, -0.2) is 45.3 Å². The van der Waals surface area contributed by atoms with Crippen molar-refractivity contribution in [3.05, 3.63) is 68.7 Å². The Morgan fingerprint density at radius 1 is 1.20 bits per heavy atom. The van der Waals surface area contributed by atoms with E-state index in [1.54, 1.807) is 27.4 Å². The Balaban J connectivity index is 1.41. The van der Waals surface area contributed by atoms with Crippen molar-refractivity contribution in [2.75, 3.05) is 19.8 Å². The van der Waals surface area contributed by atoms with Gasteiger partial charge in [0, 0.05) is 39.4 Å². The number of amides is 1. The van der Waals surface area contributed by atoms with Crippen LogP contribution in [0, 0.1) is 20.8 Å².